The second-order valence-corrected chi connectivity index (χ2v) is 7.81. The van der Waals surface area contributed by atoms with E-state index in [4.69, 9.17) is 19.7 Å². The summed E-state index contributed by atoms with van der Waals surface area (Å²) < 4.78 is 17.6. The van der Waals surface area contributed by atoms with Crippen LogP contribution < -0.4 is 15.8 Å². The molecule has 1 fully saturated rings. The molecule has 1 atom stereocenters. The van der Waals surface area contributed by atoms with E-state index in [2.05, 4.69) is 20.6 Å². The average Bonchev–Trinajstić information content (AvgIpc) is 3.53. The van der Waals surface area contributed by atoms with Gasteiger partial charge in [-0.25, -0.2) is 4.68 Å². The van der Waals surface area contributed by atoms with E-state index in [-0.39, 0.29) is 24.4 Å². The normalized spacial score (nSPS) is 15.9. The van der Waals surface area contributed by atoms with Gasteiger partial charge in [0.25, 0.3) is 5.89 Å². The number of hydrogen-bond acceptors (Lipinski definition) is 9. The Hall–Kier alpha value is -3.05. The van der Waals surface area contributed by atoms with Crippen LogP contribution in [0.3, 0.4) is 0 Å². The summed E-state index contributed by atoms with van der Waals surface area (Å²) in [7, 11) is 1.61. The molecule has 164 valence electrons. The molecule has 31 heavy (non-hydrogen) atoms. The number of thioether (sulfide) groups is 1. The Morgan fingerprint density at radius 2 is 2.19 bits per heavy atom. The predicted octanol–water partition coefficient (Wildman–Crippen LogP) is 2.21. The first-order valence-corrected chi connectivity index (χ1v) is 11.1. The van der Waals surface area contributed by atoms with Gasteiger partial charge in [-0.1, -0.05) is 5.16 Å². The number of amides is 1. The van der Waals surface area contributed by atoms with Crippen molar-refractivity contribution in [2.45, 2.75) is 30.5 Å². The molecule has 3 heterocycles. The number of ether oxygens (including phenoxy) is 2. The fourth-order valence-electron chi connectivity index (χ4n) is 3.32. The first kappa shape index (κ1) is 21.2. The van der Waals surface area contributed by atoms with E-state index in [1.165, 1.54) is 16.4 Å². The first-order valence-electron chi connectivity index (χ1n) is 9.86. The smallest absolute Gasteiger partial charge is 0.264 e. The average molecular weight is 445 g/mol. The third kappa shape index (κ3) is 4.67. The summed E-state index contributed by atoms with van der Waals surface area (Å²) in [5, 5.41) is 12.0. The van der Waals surface area contributed by atoms with Crippen LogP contribution in [0.25, 0.3) is 22.8 Å². The third-order valence-corrected chi connectivity index (χ3v) is 5.66. The highest BCUT2D eigenvalue weighted by atomic mass is 32.2. The third-order valence-electron chi connectivity index (χ3n) is 4.99. The molecule has 11 heteroatoms. The van der Waals surface area contributed by atoms with Crippen LogP contribution in [0.5, 0.6) is 5.75 Å². The van der Waals surface area contributed by atoms with Gasteiger partial charge in [0.1, 0.15) is 28.7 Å². The molecule has 0 saturated carbocycles. The summed E-state index contributed by atoms with van der Waals surface area (Å²) in [6.45, 7) is 1.22. The number of nitrogens with one attached hydrogen (secondary N) is 1. The predicted molar refractivity (Wildman–Crippen MR) is 116 cm³/mol. The van der Waals surface area contributed by atoms with Crippen molar-refractivity contribution in [1.29, 1.82) is 0 Å². The Morgan fingerprint density at radius 1 is 1.39 bits per heavy atom. The molecule has 1 aromatic carbocycles. The van der Waals surface area contributed by atoms with Gasteiger partial charge in [-0.3, -0.25) is 4.79 Å². The van der Waals surface area contributed by atoms with Crippen molar-refractivity contribution >= 4 is 23.5 Å². The van der Waals surface area contributed by atoms with Crippen molar-refractivity contribution in [3.8, 4) is 28.6 Å². The van der Waals surface area contributed by atoms with E-state index in [1.807, 2.05) is 30.5 Å². The summed E-state index contributed by atoms with van der Waals surface area (Å²) >= 11 is 1.39. The number of carbonyl (C=O) groups excluding carboxylic acids is 1. The largest absolute Gasteiger partial charge is 0.497 e. The number of rotatable bonds is 8. The molecule has 3 N–H and O–H groups in total. The maximum atomic E-state index is 12.4. The van der Waals surface area contributed by atoms with E-state index in [0.717, 1.165) is 30.8 Å². The molecule has 0 unspecified atom stereocenters. The molecule has 0 aliphatic carbocycles. The summed E-state index contributed by atoms with van der Waals surface area (Å²) in [6, 6.07) is 7.32. The molecule has 0 spiro atoms. The highest BCUT2D eigenvalue weighted by Crippen LogP contribution is 2.35. The molecule has 0 bridgehead atoms. The van der Waals surface area contributed by atoms with Crippen LogP contribution >= 0.6 is 11.8 Å². The van der Waals surface area contributed by atoms with Crippen LogP contribution in [0.2, 0.25) is 0 Å². The molecule has 0 radical (unpaired) electrons. The number of nitrogens with zero attached hydrogens (tertiary/aromatic N) is 4. The molecule has 1 amide bonds. The number of nitrogens with two attached hydrogens (primary N) is 1. The Bertz CT molecular complexity index is 1040. The molecule has 2 aromatic heterocycles. The summed E-state index contributed by atoms with van der Waals surface area (Å²) in [4.78, 5) is 16.8. The fraction of sp³-hybridized carbons (Fsp3) is 0.400. The number of nitrogen functional groups attached to an aromatic ring is 1. The first-order chi connectivity index (χ1) is 15.1. The molecular weight excluding hydrogens is 420 g/mol. The second-order valence-electron chi connectivity index (χ2n) is 7.02. The van der Waals surface area contributed by atoms with E-state index in [1.54, 1.807) is 7.11 Å². The van der Waals surface area contributed by atoms with Crippen molar-refractivity contribution < 1.29 is 18.8 Å². The lowest BCUT2D eigenvalue weighted by atomic mass is 10.2. The van der Waals surface area contributed by atoms with Crippen molar-refractivity contribution in [3.63, 3.8) is 0 Å². The van der Waals surface area contributed by atoms with Crippen LogP contribution in [-0.4, -0.2) is 58.4 Å². The van der Waals surface area contributed by atoms with Gasteiger partial charge < -0.3 is 25.0 Å². The van der Waals surface area contributed by atoms with Gasteiger partial charge in [0.2, 0.25) is 11.7 Å². The lowest BCUT2D eigenvalue weighted by molar-refractivity contribution is -0.122. The minimum Gasteiger partial charge on any atom is -0.497 e. The lowest BCUT2D eigenvalue weighted by Gasteiger charge is -2.11. The number of anilines is 1. The SMILES string of the molecule is COc1ccc(-c2noc(-c3c(SC)nn(CC(=O)NC[C@@H]4CCCO4)c3N)n2)cc1. The summed E-state index contributed by atoms with van der Waals surface area (Å²) in [6.07, 6.45) is 3.92. The van der Waals surface area contributed by atoms with E-state index in [0.29, 0.717) is 28.8 Å². The lowest BCUT2D eigenvalue weighted by Crippen LogP contribution is -2.34. The van der Waals surface area contributed by atoms with Crippen LogP contribution in [0.1, 0.15) is 12.8 Å². The molecular formula is C20H24N6O4S. The minimum atomic E-state index is -0.187. The zero-order valence-corrected chi connectivity index (χ0v) is 18.1. The van der Waals surface area contributed by atoms with Crippen molar-refractivity contribution in [2.75, 3.05) is 32.3 Å². The van der Waals surface area contributed by atoms with Gasteiger partial charge in [0.15, 0.2) is 0 Å². The van der Waals surface area contributed by atoms with E-state index < -0.39 is 0 Å². The zero-order chi connectivity index (χ0) is 21.8. The van der Waals surface area contributed by atoms with Crippen LogP contribution in [0, 0.1) is 0 Å². The van der Waals surface area contributed by atoms with Crippen LogP contribution in [0.4, 0.5) is 5.82 Å². The zero-order valence-electron chi connectivity index (χ0n) is 17.3. The van der Waals surface area contributed by atoms with Gasteiger partial charge in [0, 0.05) is 18.7 Å². The van der Waals surface area contributed by atoms with Gasteiger partial charge >= 0.3 is 0 Å². The molecule has 1 aliphatic heterocycles. The van der Waals surface area contributed by atoms with Crippen molar-refractivity contribution in [2.24, 2.45) is 0 Å². The van der Waals surface area contributed by atoms with Gasteiger partial charge in [0.05, 0.1) is 13.2 Å². The Balaban J connectivity index is 1.51. The highest BCUT2D eigenvalue weighted by Gasteiger charge is 2.24. The van der Waals surface area contributed by atoms with E-state index >= 15 is 0 Å². The molecule has 3 aromatic rings. The number of aromatic nitrogens is 4. The quantitative estimate of drug-likeness (QED) is 0.502. The van der Waals surface area contributed by atoms with Crippen molar-refractivity contribution in [1.82, 2.24) is 25.2 Å². The van der Waals surface area contributed by atoms with Crippen LogP contribution in [-0.2, 0) is 16.1 Å². The Morgan fingerprint density at radius 3 is 2.87 bits per heavy atom. The molecule has 1 saturated heterocycles. The highest BCUT2D eigenvalue weighted by molar-refractivity contribution is 7.98. The van der Waals surface area contributed by atoms with Gasteiger partial charge in [-0.2, -0.15) is 10.1 Å². The van der Waals surface area contributed by atoms with Gasteiger partial charge in [-0.05, 0) is 43.4 Å². The Labute approximate surface area is 183 Å². The summed E-state index contributed by atoms with van der Waals surface area (Å²) in [5.74, 6) is 1.51. The van der Waals surface area contributed by atoms with Crippen LogP contribution in [0.15, 0.2) is 33.8 Å². The molecule has 1 aliphatic rings. The number of carbonyl (C=O) groups is 1. The van der Waals surface area contributed by atoms with E-state index in [9.17, 15) is 4.79 Å². The monoisotopic (exact) mass is 444 g/mol. The van der Waals surface area contributed by atoms with Crippen molar-refractivity contribution in [3.05, 3.63) is 24.3 Å². The molecule has 10 nitrogen and oxygen atoms in total. The topological polar surface area (TPSA) is 130 Å². The molecule has 4 rings (SSSR count). The fourth-order valence-corrected chi connectivity index (χ4v) is 3.90. The maximum Gasteiger partial charge on any atom is 0.264 e. The minimum absolute atomic E-state index is 0.00835. The maximum absolute atomic E-state index is 12.4. The number of hydrogen-bond donors (Lipinski definition) is 2. The number of benzene rings is 1. The number of methoxy groups -OCH3 is 1. The summed E-state index contributed by atoms with van der Waals surface area (Å²) in [5.41, 5.74) is 7.60. The standard InChI is InChI=1S/C20H24N6O4S/c1-28-13-7-5-12(6-8-13)18-23-19(30-25-18)16-17(21)26(24-20(16)31-2)11-15(27)22-10-14-4-3-9-29-14/h5-8,14H,3-4,9-11,21H2,1-2H3,(H,22,27)/t14-/m0/s1. The second kappa shape index (κ2) is 9.40. The van der Waals surface area contributed by atoms with Gasteiger partial charge in [-0.15, -0.1) is 11.8 Å². The Kier molecular flexibility index (Phi) is 6.42.